The molecule has 12 heteroatoms. The molecule has 2 rings (SSSR count). The number of hydrogen-bond acceptors (Lipinski definition) is 4. The summed E-state index contributed by atoms with van der Waals surface area (Å²) in [6.07, 6.45) is -3.81. The fraction of sp³-hybridized carbons (Fsp3) is 0.316. The van der Waals surface area contributed by atoms with Gasteiger partial charge >= 0.3 is 6.18 Å². The summed E-state index contributed by atoms with van der Waals surface area (Å²) in [6.45, 7) is -0.410. The summed E-state index contributed by atoms with van der Waals surface area (Å²) in [5.74, 6) is 0.378. The smallest absolute Gasteiger partial charge is 0.354 e. The molecule has 0 spiro atoms. The molecule has 5 nitrogen and oxygen atoms in total. The zero-order chi connectivity index (χ0) is 23.2. The lowest BCUT2D eigenvalue weighted by Crippen LogP contribution is -2.41. The van der Waals surface area contributed by atoms with Crippen LogP contribution in [0.3, 0.4) is 0 Å². The van der Waals surface area contributed by atoms with E-state index in [2.05, 4.69) is 5.32 Å². The maximum absolute atomic E-state index is 12.9. The molecule has 0 bridgehead atoms. The van der Waals surface area contributed by atoms with Crippen LogP contribution in [0.5, 0.6) is 0 Å². The molecule has 170 valence electrons. The van der Waals surface area contributed by atoms with Gasteiger partial charge in [0, 0.05) is 28.1 Å². The third-order valence-corrected chi connectivity index (χ3v) is 6.86. The lowest BCUT2D eigenvalue weighted by molar-refractivity contribution is -0.137. The molecule has 0 fully saturated rings. The summed E-state index contributed by atoms with van der Waals surface area (Å²) in [6, 6.07) is 8.98. The van der Waals surface area contributed by atoms with Crippen molar-refractivity contribution >= 4 is 56.6 Å². The van der Waals surface area contributed by atoms with E-state index in [1.54, 1.807) is 18.2 Å². The predicted molar refractivity (Wildman–Crippen MR) is 119 cm³/mol. The van der Waals surface area contributed by atoms with Crippen LogP contribution in [0.25, 0.3) is 0 Å². The number of sulfonamides is 1. The third-order valence-electron chi connectivity index (χ3n) is 4.03. The number of rotatable bonds is 9. The fourth-order valence-corrected chi connectivity index (χ4v) is 4.97. The van der Waals surface area contributed by atoms with Crippen LogP contribution < -0.4 is 9.62 Å². The van der Waals surface area contributed by atoms with Crippen LogP contribution in [0, 0.1) is 0 Å². The minimum absolute atomic E-state index is 0.228. The molecule has 0 saturated heterocycles. The summed E-state index contributed by atoms with van der Waals surface area (Å²) in [7, 11) is -3.99. The molecule has 0 atom stereocenters. The van der Waals surface area contributed by atoms with Gasteiger partial charge in [0.15, 0.2) is 0 Å². The number of carbonyl (C=O) groups is 1. The first-order valence-electron chi connectivity index (χ1n) is 8.82. The van der Waals surface area contributed by atoms with Crippen LogP contribution in [0.2, 0.25) is 10.0 Å². The molecule has 0 aliphatic heterocycles. The molecule has 0 heterocycles. The van der Waals surface area contributed by atoms with E-state index in [0.29, 0.717) is 31.9 Å². The van der Waals surface area contributed by atoms with E-state index in [0.717, 1.165) is 24.0 Å². The van der Waals surface area contributed by atoms with Crippen LogP contribution >= 0.6 is 35.0 Å². The number of thioether (sulfide) groups is 1. The summed E-state index contributed by atoms with van der Waals surface area (Å²) >= 11 is 13.6. The number of carbonyl (C=O) groups excluding carboxylic acids is 1. The Balaban J connectivity index is 1.94. The number of amides is 1. The zero-order valence-electron chi connectivity index (χ0n) is 16.2. The van der Waals surface area contributed by atoms with Crippen molar-refractivity contribution in [3.05, 3.63) is 63.6 Å². The van der Waals surface area contributed by atoms with Crippen molar-refractivity contribution in [1.82, 2.24) is 5.32 Å². The number of alkyl halides is 3. The SMILES string of the molecule is CS(=O)(=O)N(CC(=O)NCCSCc1c(Cl)cccc1Cl)c1cccc(C(F)(F)F)c1. The second-order valence-corrected chi connectivity index (χ2v) is 10.2. The fourth-order valence-electron chi connectivity index (χ4n) is 2.53. The van der Waals surface area contributed by atoms with Crippen LogP contribution in [-0.4, -0.2) is 39.4 Å². The van der Waals surface area contributed by atoms with E-state index in [1.165, 1.54) is 17.8 Å². The van der Waals surface area contributed by atoms with Gasteiger partial charge in [-0.15, -0.1) is 0 Å². The van der Waals surface area contributed by atoms with Gasteiger partial charge in [0.2, 0.25) is 15.9 Å². The Morgan fingerprint density at radius 1 is 1.13 bits per heavy atom. The van der Waals surface area contributed by atoms with E-state index in [-0.39, 0.29) is 12.2 Å². The number of halogens is 5. The van der Waals surface area contributed by atoms with E-state index < -0.39 is 34.2 Å². The van der Waals surface area contributed by atoms with Crippen molar-refractivity contribution in [3.8, 4) is 0 Å². The standard InChI is InChI=1S/C19H19Cl2F3N2O3S2/c1-31(28,29)26(14-5-2-4-13(10-14)19(22,23)24)11-18(27)25-8-9-30-12-15-16(20)6-3-7-17(15)21/h2-7,10H,8-9,11-12H2,1H3,(H,25,27). The maximum atomic E-state index is 12.9. The molecule has 2 aromatic carbocycles. The second-order valence-electron chi connectivity index (χ2n) is 6.42. The molecule has 31 heavy (non-hydrogen) atoms. The lowest BCUT2D eigenvalue weighted by Gasteiger charge is -2.22. The Morgan fingerprint density at radius 2 is 1.74 bits per heavy atom. The van der Waals surface area contributed by atoms with Crippen molar-refractivity contribution in [2.75, 3.05) is 29.4 Å². The molecule has 0 aliphatic rings. The highest BCUT2D eigenvalue weighted by Crippen LogP contribution is 2.32. The van der Waals surface area contributed by atoms with Gasteiger partial charge in [-0.2, -0.15) is 24.9 Å². The Kier molecular flexibility index (Phi) is 8.93. The maximum Gasteiger partial charge on any atom is 0.416 e. The molecule has 0 unspecified atom stereocenters. The second kappa shape index (κ2) is 10.8. The highest BCUT2D eigenvalue weighted by molar-refractivity contribution is 7.98. The van der Waals surface area contributed by atoms with E-state index in [1.807, 2.05) is 0 Å². The van der Waals surface area contributed by atoms with Crippen LogP contribution in [-0.2, 0) is 26.7 Å². The van der Waals surface area contributed by atoms with E-state index in [9.17, 15) is 26.4 Å². The minimum atomic E-state index is -4.64. The van der Waals surface area contributed by atoms with Crippen molar-refractivity contribution in [2.24, 2.45) is 0 Å². The quantitative estimate of drug-likeness (QED) is 0.486. The van der Waals surface area contributed by atoms with Gasteiger partial charge in [0.05, 0.1) is 17.5 Å². The van der Waals surface area contributed by atoms with E-state index in [4.69, 9.17) is 23.2 Å². The summed E-state index contributed by atoms with van der Waals surface area (Å²) in [4.78, 5) is 12.2. The first-order chi connectivity index (χ1) is 14.4. The molecular formula is C19H19Cl2F3N2O3S2. The van der Waals surface area contributed by atoms with Gasteiger partial charge in [-0.25, -0.2) is 8.42 Å². The third kappa shape index (κ3) is 7.78. The average molecular weight is 515 g/mol. The number of nitrogens with zero attached hydrogens (tertiary/aromatic N) is 1. The van der Waals surface area contributed by atoms with Crippen molar-refractivity contribution in [3.63, 3.8) is 0 Å². The summed E-state index contributed by atoms with van der Waals surface area (Å²) in [5, 5.41) is 3.63. The van der Waals surface area contributed by atoms with Crippen molar-refractivity contribution < 1.29 is 26.4 Å². The minimum Gasteiger partial charge on any atom is -0.354 e. The topological polar surface area (TPSA) is 66.5 Å². The molecule has 1 amide bonds. The molecular weight excluding hydrogens is 496 g/mol. The molecule has 0 saturated carbocycles. The molecule has 2 aromatic rings. The first kappa shape index (κ1) is 25.6. The molecule has 1 N–H and O–H groups in total. The Bertz CT molecular complexity index is 1010. The van der Waals surface area contributed by atoms with Gasteiger partial charge in [-0.1, -0.05) is 35.3 Å². The van der Waals surface area contributed by atoms with Crippen LogP contribution in [0.1, 0.15) is 11.1 Å². The number of nitrogens with one attached hydrogen (secondary N) is 1. The monoisotopic (exact) mass is 514 g/mol. The zero-order valence-corrected chi connectivity index (χ0v) is 19.4. The van der Waals surface area contributed by atoms with Gasteiger partial charge in [-0.3, -0.25) is 9.10 Å². The molecule has 0 radical (unpaired) electrons. The summed E-state index contributed by atoms with van der Waals surface area (Å²) < 4.78 is 63.6. The number of benzene rings is 2. The predicted octanol–water partition coefficient (Wildman–Crippen LogP) is 4.83. The van der Waals surface area contributed by atoms with Gasteiger partial charge in [0.25, 0.3) is 0 Å². The summed E-state index contributed by atoms with van der Waals surface area (Å²) in [5.41, 5.74) is -0.473. The Hall–Kier alpha value is -1.62. The van der Waals surface area contributed by atoms with Crippen LogP contribution in [0.4, 0.5) is 18.9 Å². The molecule has 0 aromatic heterocycles. The highest BCUT2D eigenvalue weighted by atomic mass is 35.5. The van der Waals surface area contributed by atoms with Crippen molar-refractivity contribution in [1.29, 1.82) is 0 Å². The Morgan fingerprint density at radius 3 is 2.32 bits per heavy atom. The Labute approximate surface area is 193 Å². The van der Waals surface area contributed by atoms with Crippen molar-refractivity contribution in [2.45, 2.75) is 11.9 Å². The van der Waals surface area contributed by atoms with Gasteiger partial charge in [-0.05, 0) is 35.9 Å². The number of hydrogen-bond donors (Lipinski definition) is 1. The van der Waals surface area contributed by atoms with Crippen LogP contribution in [0.15, 0.2) is 42.5 Å². The highest BCUT2D eigenvalue weighted by Gasteiger charge is 2.32. The normalized spacial score (nSPS) is 11.9. The first-order valence-corrected chi connectivity index (χ1v) is 12.6. The largest absolute Gasteiger partial charge is 0.416 e. The lowest BCUT2D eigenvalue weighted by atomic mass is 10.2. The number of anilines is 1. The van der Waals surface area contributed by atoms with Gasteiger partial charge in [0.1, 0.15) is 6.54 Å². The van der Waals surface area contributed by atoms with E-state index >= 15 is 0 Å². The average Bonchev–Trinajstić information content (AvgIpc) is 2.66. The van der Waals surface area contributed by atoms with Gasteiger partial charge < -0.3 is 5.32 Å². The molecule has 0 aliphatic carbocycles.